The topological polar surface area (TPSA) is 30.5 Å². The Balaban J connectivity index is 0.00000288. The molecule has 24 heavy (non-hydrogen) atoms. The first-order valence-corrected chi connectivity index (χ1v) is 7.96. The third-order valence-corrected chi connectivity index (χ3v) is 3.57. The van der Waals surface area contributed by atoms with Crippen LogP contribution in [0, 0.1) is 0 Å². The minimum Gasteiger partial charge on any atom is -0.493 e. The fourth-order valence-corrected chi connectivity index (χ4v) is 2.54. The Hall–Kier alpha value is -1.97. The largest absolute Gasteiger partial charge is 0.493 e. The minimum atomic E-state index is 0. The zero-order valence-electron chi connectivity index (χ0n) is 14.4. The number of benzene rings is 2. The van der Waals surface area contributed by atoms with Gasteiger partial charge in [0.05, 0.1) is 13.7 Å². The van der Waals surface area contributed by atoms with Gasteiger partial charge in [-0.2, -0.15) is 0 Å². The Morgan fingerprint density at radius 2 is 1.79 bits per heavy atom. The molecule has 0 bridgehead atoms. The summed E-state index contributed by atoms with van der Waals surface area (Å²) in [7, 11) is 1.68. The number of methoxy groups -OCH3 is 1. The van der Waals surface area contributed by atoms with Gasteiger partial charge in [-0.25, -0.2) is 0 Å². The lowest BCUT2D eigenvalue weighted by molar-refractivity contribution is 0.308. The molecule has 0 aliphatic heterocycles. The molecule has 0 spiro atoms. The molecule has 0 aromatic heterocycles. The van der Waals surface area contributed by atoms with Crippen molar-refractivity contribution < 1.29 is 9.47 Å². The third-order valence-electron chi connectivity index (χ3n) is 3.57. The van der Waals surface area contributed by atoms with Gasteiger partial charge in [0, 0.05) is 18.7 Å². The predicted molar refractivity (Wildman–Crippen MR) is 102 cm³/mol. The van der Waals surface area contributed by atoms with Crippen molar-refractivity contribution in [2.45, 2.75) is 26.4 Å². The van der Waals surface area contributed by atoms with E-state index in [9.17, 15) is 0 Å². The van der Waals surface area contributed by atoms with Crippen molar-refractivity contribution in [3.63, 3.8) is 0 Å². The van der Waals surface area contributed by atoms with E-state index < -0.39 is 0 Å². The lowest BCUT2D eigenvalue weighted by Gasteiger charge is -2.16. The number of allylic oxidation sites excluding steroid dienone is 1. The van der Waals surface area contributed by atoms with Crippen molar-refractivity contribution in [1.29, 1.82) is 0 Å². The molecule has 0 saturated heterocycles. The Kier molecular flexibility index (Phi) is 8.98. The van der Waals surface area contributed by atoms with Gasteiger partial charge in [-0.05, 0) is 30.5 Å². The standard InChI is InChI=1S/C20H25NO2.ClH/c1-4-9-18-12-17(13-19(22-3)20(18)23-5-2)15-21-14-16-10-7-6-8-11-16;/h4,6-8,10-13,21H,1,5,9,14-15H2,2-3H3;1H. The van der Waals surface area contributed by atoms with E-state index in [-0.39, 0.29) is 12.4 Å². The van der Waals surface area contributed by atoms with Gasteiger partial charge in [-0.1, -0.05) is 42.5 Å². The van der Waals surface area contributed by atoms with Crippen molar-refractivity contribution in [2.24, 2.45) is 0 Å². The lowest BCUT2D eigenvalue weighted by Crippen LogP contribution is -2.13. The summed E-state index contributed by atoms with van der Waals surface area (Å²) in [6.07, 6.45) is 2.65. The Labute approximate surface area is 151 Å². The van der Waals surface area contributed by atoms with Gasteiger partial charge in [0.15, 0.2) is 11.5 Å². The first kappa shape index (κ1) is 20.1. The van der Waals surface area contributed by atoms with Gasteiger partial charge < -0.3 is 14.8 Å². The summed E-state index contributed by atoms with van der Waals surface area (Å²) in [6, 6.07) is 14.6. The summed E-state index contributed by atoms with van der Waals surface area (Å²) in [4.78, 5) is 0. The minimum absolute atomic E-state index is 0. The molecule has 3 nitrogen and oxygen atoms in total. The van der Waals surface area contributed by atoms with Crippen LogP contribution in [0.4, 0.5) is 0 Å². The second-order valence-electron chi connectivity index (χ2n) is 5.30. The molecule has 0 radical (unpaired) electrons. The zero-order valence-corrected chi connectivity index (χ0v) is 15.2. The molecule has 2 aromatic rings. The maximum absolute atomic E-state index is 5.75. The predicted octanol–water partition coefficient (Wildman–Crippen LogP) is 4.53. The van der Waals surface area contributed by atoms with Gasteiger partial charge in [0.25, 0.3) is 0 Å². The van der Waals surface area contributed by atoms with Crippen LogP contribution in [0.1, 0.15) is 23.6 Å². The quantitative estimate of drug-likeness (QED) is 0.676. The molecule has 0 saturated carbocycles. The van der Waals surface area contributed by atoms with Crippen LogP contribution >= 0.6 is 12.4 Å². The van der Waals surface area contributed by atoms with E-state index >= 15 is 0 Å². The third kappa shape index (κ3) is 5.59. The molecule has 0 atom stereocenters. The highest BCUT2D eigenvalue weighted by Gasteiger charge is 2.12. The summed E-state index contributed by atoms with van der Waals surface area (Å²) in [5.41, 5.74) is 3.56. The van der Waals surface area contributed by atoms with Crippen molar-refractivity contribution >= 4 is 12.4 Å². The Morgan fingerprint density at radius 3 is 2.42 bits per heavy atom. The highest BCUT2D eigenvalue weighted by atomic mass is 35.5. The molecule has 2 aromatic carbocycles. The fraction of sp³-hybridized carbons (Fsp3) is 0.300. The van der Waals surface area contributed by atoms with E-state index in [0.29, 0.717) is 6.61 Å². The smallest absolute Gasteiger partial charge is 0.164 e. The molecule has 0 aliphatic rings. The van der Waals surface area contributed by atoms with E-state index in [1.54, 1.807) is 7.11 Å². The van der Waals surface area contributed by atoms with Crippen LogP contribution in [0.25, 0.3) is 0 Å². The number of nitrogens with one attached hydrogen (secondary N) is 1. The van der Waals surface area contributed by atoms with Crippen molar-refractivity contribution in [3.05, 3.63) is 71.8 Å². The van der Waals surface area contributed by atoms with Gasteiger partial charge in [0.1, 0.15) is 0 Å². The van der Waals surface area contributed by atoms with E-state index in [2.05, 4.69) is 42.2 Å². The van der Waals surface area contributed by atoms with E-state index in [0.717, 1.165) is 36.6 Å². The lowest BCUT2D eigenvalue weighted by atomic mass is 10.1. The van der Waals surface area contributed by atoms with Gasteiger partial charge in [0.2, 0.25) is 0 Å². The van der Waals surface area contributed by atoms with Crippen molar-refractivity contribution in [1.82, 2.24) is 5.32 Å². The van der Waals surface area contributed by atoms with Gasteiger partial charge in [-0.15, -0.1) is 19.0 Å². The fourth-order valence-electron chi connectivity index (χ4n) is 2.54. The molecule has 4 heteroatoms. The Morgan fingerprint density at radius 1 is 1.08 bits per heavy atom. The summed E-state index contributed by atoms with van der Waals surface area (Å²) >= 11 is 0. The summed E-state index contributed by atoms with van der Waals surface area (Å²) < 4.78 is 11.3. The van der Waals surface area contributed by atoms with Crippen LogP contribution in [-0.4, -0.2) is 13.7 Å². The monoisotopic (exact) mass is 347 g/mol. The van der Waals surface area contributed by atoms with Gasteiger partial charge in [-0.3, -0.25) is 0 Å². The number of halogens is 1. The van der Waals surface area contributed by atoms with Gasteiger partial charge >= 0.3 is 0 Å². The molecule has 0 unspecified atom stereocenters. The first-order valence-electron chi connectivity index (χ1n) is 7.96. The first-order chi connectivity index (χ1) is 11.3. The zero-order chi connectivity index (χ0) is 16.5. The SMILES string of the molecule is C=CCc1cc(CNCc2ccccc2)cc(OC)c1OCC.Cl. The molecular formula is C20H26ClNO2. The molecule has 1 N–H and O–H groups in total. The Bertz CT molecular complexity index is 629. The number of rotatable bonds is 9. The molecular weight excluding hydrogens is 322 g/mol. The second-order valence-corrected chi connectivity index (χ2v) is 5.30. The molecule has 0 amide bonds. The van der Waals surface area contributed by atoms with Crippen molar-refractivity contribution in [2.75, 3.05) is 13.7 Å². The molecule has 130 valence electrons. The van der Waals surface area contributed by atoms with Crippen LogP contribution < -0.4 is 14.8 Å². The maximum atomic E-state index is 5.75. The van der Waals surface area contributed by atoms with E-state index in [1.165, 1.54) is 11.1 Å². The van der Waals surface area contributed by atoms with Crippen LogP contribution in [0.5, 0.6) is 11.5 Å². The molecule has 0 fully saturated rings. The number of hydrogen-bond donors (Lipinski definition) is 1. The number of hydrogen-bond acceptors (Lipinski definition) is 3. The molecule has 0 aliphatic carbocycles. The van der Waals surface area contributed by atoms with Crippen molar-refractivity contribution in [3.8, 4) is 11.5 Å². The molecule has 0 heterocycles. The summed E-state index contributed by atoms with van der Waals surface area (Å²) in [6.45, 7) is 8.05. The summed E-state index contributed by atoms with van der Waals surface area (Å²) in [5, 5.41) is 3.47. The van der Waals surface area contributed by atoms with Crippen LogP contribution in [0.3, 0.4) is 0 Å². The van der Waals surface area contributed by atoms with Crippen LogP contribution in [0.15, 0.2) is 55.1 Å². The highest BCUT2D eigenvalue weighted by Crippen LogP contribution is 2.33. The second kappa shape index (κ2) is 10.7. The van der Waals surface area contributed by atoms with E-state index in [1.807, 2.05) is 25.1 Å². The maximum Gasteiger partial charge on any atom is 0.164 e. The van der Waals surface area contributed by atoms with Crippen LogP contribution in [0.2, 0.25) is 0 Å². The van der Waals surface area contributed by atoms with E-state index in [4.69, 9.17) is 9.47 Å². The number of ether oxygens (including phenoxy) is 2. The normalized spacial score (nSPS) is 9.92. The summed E-state index contributed by atoms with van der Waals surface area (Å²) in [5.74, 6) is 1.60. The average Bonchev–Trinajstić information content (AvgIpc) is 2.58. The highest BCUT2D eigenvalue weighted by molar-refractivity contribution is 5.85. The average molecular weight is 348 g/mol. The van der Waals surface area contributed by atoms with Crippen LogP contribution in [-0.2, 0) is 19.5 Å². The molecule has 2 rings (SSSR count).